The Hall–Kier alpha value is -2.75. The van der Waals surface area contributed by atoms with Crippen molar-refractivity contribution in [3.8, 4) is 0 Å². The fraction of sp³-hybridized carbons (Fsp3) is 0.200. The Balaban J connectivity index is 1.56. The Kier molecular flexibility index (Phi) is 3.75. The molecule has 0 spiro atoms. The lowest BCUT2D eigenvalue weighted by Gasteiger charge is -2.13. The van der Waals surface area contributed by atoms with Crippen molar-refractivity contribution in [2.45, 2.75) is 17.6 Å². The van der Waals surface area contributed by atoms with Gasteiger partial charge in [-0.2, -0.15) is 5.10 Å². The second-order valence-electron chi connectivity index (χ2n) is 5.55. The molecule has 0 radical (unpaired) electrons. The van der Waals surface area contributed by atoms with Crippen molar-refractivity contribution >= 4 is 34.4 Å². The van der Waals surface area contributed by atoms with Gasteiger partial charge >= 0.3 is 0 Å². The van der Waals surface area contributed by atoms with Crippen LogP contribution in [0.4, 0.5) is 14.5 Å². The number of nitrogens with zero attached hydrogens (tertiary/aromatic N) is 3. The molecule has 1 unspecified atom stereocenters. The van der Waals surface area contributed by atoms with Gasteiger partial charge in [0, 0.05) is 23.9 Å². The molecule has 3 aromatic rings. The van der Waals surface area contributed by atoms with E-state index in [1.165, 1.54) is 28.6 Å². The summed E-state index contributed by atoms with van der Waals surface area (Å²) in [5.74, 6) is -1.90. The molecule has 1 aromatic carbocycles. The maximum atomic E-state index is 13.2. The predicted molar refractivity (Wildman–Crippen MR) is 87.5 cm³/mol. The van der Waals surface area contributed by atoms with Crippen molar-refractivity contribution in [2.24, 2.45) is 0 Å². The first-order valence-corrected chi connectivity index (χ1v) is 8.35. The van der Waals surface area contributed by atoms with Crippen molar-refractivity contribution in [2.75, 3.05) is 11.1 Å². The molecule has 0 aliphatic carbocycles. The average Bonchev–Trinajstić information content (AvgIpc) is 3.19. The van der Waals surface area contributed by atoms with E-state index in [1.807, 2.05) is 0 Å². The van der Waals surface area contributed by atoms with E-state index in [4.69, 9.17) is 0 Å². The molecule has 1 aliphatic heterocycles. The standard InChI is InChI=1S/C15H11F2N5O2S/c16-10-2-1-7(3-11(10)17)19-12(23)4-8-6-25-15-20-13-9(5-18-21-13)14(24)22(8)15/h1-3,5,8H,4,6H2,(H,18,21)(H,19,23). The monoisotopic (exact) mass is 363 g/mol. The number of halogens is 2. The largest absolute Gasteiger partial charge is 0.326 e. The lowest BCUT2D eigenvalue weighted by atomic mass is 10.2. The maximum absolute atomic E-state index is 13.2. The van der Waals surface area contributed by atoms with E-state index in [9.17, 15) is 18.4 Å². The summed E-state index contributed by atoms with van der Waals surface area (Å²) in [5.41, 5.74) is 0.311. The molecule has 7 nitrogen and oxygen atoms in total. The summed E-state index contributed by atoms with van der Waals surface area (Å²) < 4.78 is 27.6. The Labute approximate surface area is 143 Å². The molecule has 1 amide bonds. The van der Waals surface area contributed by atoms with E-state index in [2.05, 4.69) is 20.5 Å². The van der Waals surface area contributed by atoms with Crippen LogP contribution in [0.2, 0.25) is 0 Å². The molecule has 0 fully saturated rings. The van der Waals surface area contributed by atoms with Gasteiger partial charge in [0.25, 0.3) is 5.56 Å². The molecule has 10 heteroatoms. The summed E-state index contributed by atoms with van der Waals surface area (Å²) in [6, 6.07) is 2.75. The van der Waals surface area contributed by atoms with Crippen molar-refractivity contribution in [1.82, 2.24) is 19.7 Å². The highest BCUT2D eigenvalue weighted by molar-refractivity contribution is 7.99. The van der Waals surface area contributed by atoms with Gasteiger partial charge in [0.15, 0.2) is 22.4 Å². The van der Waals surface area contributed by atoms with Crippen LogP contribution in [0.5, 0.6) is 0 Å². The normalized spacial score (nSPS) is 16.2. The van der Waals surface area contributed by atoms with Crippen molar-refractivity contribution in [3.05, 3.63) is 46.4 Å². The number of rotatable bonds is 3. The van der Waals surface area contributed by atoms with Crippen LogP contribution >= 0.6 is 11.8 Å². The Morgan fingerprint density at radius 3 is 3.04 bits per heavy atom. The van der Waals surface area contributed by atoms with Gasteiger partial charge in [0.1, 0.15) is 5.39 Å². The summed E-state index contributed by atoms with van der Waals surface area (Å²) in [5, 5.41) is 9.85. The summed E-state index contributed by atoms with van der Waals surface area (Å²) in [4.78, 5) is 29.1. The number of nitrogens with one attached hydrogen (secondary N) is 2. The first kappa shape index (κ1) is 15.8. The van der Waals surface area contributed by atoms with E-state index < -0.39 is 17.5 Å². The minimum Gasteiger partial charge on any atom is -0.326 e. The molecule has 1 atom stereocenters. The van der Waals surface area contributed by atoms with Gasteiger partial charge in [0.2, 0.25) is 5.91 Å². The first-order chi connectivity index (χ1) is 12.0. The van der Waals surface area contributed by atoms with Crippen LogP contribution in [0.3, 0.4) is 0 Å². The first-order valence-electron chi connectivity index (χ1n) is 7.36. The zero-order valence-corrected chi connectivity index (χ0v) is 13.4. The summed E-state index contributed by atoms with van der Waals surface area (Å²) in [6.07, 6.45) is 1.42. The number of carbonyl (C=O) groups excluding carboxylic acids is 1. The van der Waals surface area contributed by atoms with Crippen LogP contribution in [-0.2, 0) is 4.79 Å². The number of aromatic nitrogens is 4. The third-order valence-corrected chi connectivity index (χ3v) is 4.97. The molecule has 0 saturated heterocycles. The van der Waals surface area contributed by atoms with Gasteiger partial charge in [-0.05, 0) is 12.1 Å². The average molecular weight is 363 g/mol. The third-order valence-electron chi connectivity index (χ3n) is 3.88. The van der Waals surface area contributed by atoms with Crippen LogP contribution in [0.1, 0.15) is 12.5 Å². The zero-order chi connectivity index (χ0) is 17.6. The lowest BCUT2D eigenvalue weighted by Crippen LogP contribution is -2.27. The van der Waals surface area contributed by atoms with Gasteiger partial charge in [-0.15, -0.1) is 0 Å². The maximum Gasteiger partial charge on any atom is 0.265 e. The molecule has 0 bridgehead atoms. The molecule has 2 N–H and O–H groups in total. The second-order valence-corrected chi connectivity index (χ2v) is 6.53. The minimum atomic E-state index is -1.04. The number of benzene rings is 1. The molecule has 0 saturated carbocycles. The number of hydrogen-bond donors (Lipinski definition) is 2. The van der Waals surface area contributed by atoms with E-state index >= 15 is 0 Å². The number of carbonyl (C=O) groups is 1. The topological polar surface area (TPSA) is 92.7 Å². The Bertz CT molecular complexity index is 1050. The predicted octanol–water partition coefficient (Wildman–Crippen LogP) is 2.07. The highest BCUT2D eigenvalue weighted by atomic mass is 32.2. The van der Waals surface area contributed by atoms with Crippen LogP contribution in [-0.4, -0.2) is 31.4 Å². The molecule has 3 heterocycles. The summed E-state index contributed by atoms with van der Waals surface area (Å²) >= 11 is 1.38. The van der Waals surface area contributed by atoms with Crippen LogP contribution in [0, 0.1) is 11.6 Å². The fourth-order valence-corrected chi connectivity index (χ4v) is 3.84. The van der Waals surface area contributed by atoms with Gasteiger partial charge in [0.05, 0.1) is 12.2 Å². The van der Waals surface area contributed by atoms with E-state index in [0.717, 1.165) is 12.1 Å². The van der Waals surface area contributed by atoms with E-state index in [-0.39, 0.29) is 23.7 Å². The molecule has 128 valence electrons. The Morgan fingerprint density at radius 2 is 2.24 bits per heavy atom. The summed E-state index contributed by atoms with van der Waals surface area (Å²) in [7, 11) is 0. The van der Waals surface area contributed by atoms with Gasteiger partial charge in [-0.1, -0.05) is 11.8 Å². The summed E-state index contributed by atoms with van der Waals surface area (Å²) in [6.45, 7) is 0. The Morgan fingerprint density at radius 1 is 1.40 bits per heavy atom. The highest BCUT2D eigenvalue weighted by Crippen LogP contribution is 2.33. The number of amides is 1. The van der Waals surface area contributed by atoms with Crippen molar-refractivity contribution < 1.29 is 13.6 Å². The van der Waals surface area contributed by atoms with Crippen molar-refractivity contribution in [1.29, 1.82) is 0 Å². The number of anilines is 1. The van der Waals surface area contributed by atoms with Crippen LogP contribution in [0.15, 0.2) is 34.3 Å². The van der Waals surface area contributed by atoms with Crippen molar-refractivity contribution in [3.63, 3.8) is 0 Å². The highest BCUT2D eigenvalue weighted by Gasteiger charge is 2.28. The lowest BCUT2D eigenvalue weighted by molar-refractivity contribution is -0.116. The minimum absolute atomic E-state index is 0.0178. The quantitative estimate of drug-likeness (QED) is 0.695. The van der Waals surface area contributed by atoms with Crippen LogP contribution < -0.4 is 10.9 Å². The van der Waals surface area contributed by atoms with Crippen LogP contribution in [0.25, 0.3) is 11.0 Å². The number of thioether (sulfide) groups is 1. The molecular formula is C15H11F2N5O2S. The molecular weight excluding hydrogens is 352 g/mol. The number of hydrogen-bond acceptors (Lipinski definition) is 5. The molecule has 25 heavy (non-hydrogen) atoms. The van der Waals surface area contributed by atoms with Gasteiger partial charge in [-0.25, -0.2) is 13.8 Å². The number of fused-ring (bicyclic) bond motifs is 2. The molecule has 4 rings (SSSR count). The van der Waals surface area contributed by atoms with E-state index in [1.54, 1.807) is 0 Å². The van der Waals surface area contributed by atoms with E-state index in [0.29, 0.717) is 21.9 Å². The molecule has 2 aromatic heterocycles. The molecule has 1 aliphatic rings. The second kappa shape index (κ2) is 5.96. The zero-order valence-electron chi connectivity index (χ0n) is 12.6. The number of H-pyrrole nitrogens is 1. The smallest absolute Gasteiger partial charge is 0.265 e. The van der Waals surface area contributed by atoms with Gasteiger partial charge < -0.3 is 5.32 Å². The van der Waals surface area contributed by atoms with Gasteiger partial charge in [-0.3, -0.25) is 19.3 Å². The third kappa shape index (κ3) is 2.78. The SMILES string of the molecule is O=C(CC1CSc2nc3[nH]ncc3c(=O)n21)Nc1ccc(F)c(F)c1. The fourth-order valence-electron chi connectivity index (χ4n) is 2.71. The number of aromatic amines is 1.